The fourth-order valence-corrected chi connectivity index (χ4v) is 4.57. The van der Waals surface area contributed by atoms with Crippen LogP contribution < -0.4 is 5.32 Å². The highest BCUT2D eigenvalue weighted by Crippen LogP contribution is 2.46. The monoisotopic (exact) mass is 438 g/mol. The van der Waals surface area contributed by atoms with Crippen molar-refractivity contribution >= 4 is 50.1 Å². The van der Waals surface area contributed by atoms with Crippen LogP contribution in [0.2, 0.25) is 0 Å². The molecule has 1 aliphatic carbocycles. The van der Waals surface area contributed by atoms with Crippen LogP contribution >= 0.6 is 27.3 Å². The fraction of sp³-hybridized carbons (Fsp3) is 0.294. The van der Waals surface area contributed by atoms with Crippen LogP contribution in [0, 0.1) is 0 Å². The van der Waals surface area contributed by atoms with Gasteiger partial charge in [-0.1, -0.05) is 0 Å². The second-order valence-corrected chi connectivity index (χ2v) is 7.62. The average molecular weight is 439 g/mol. The lowest BCUT2D eigenvalue weighted by Gasteiger charge is -2.11. The van der Waals surface area contributed by atoms with E-state index in [0.717, 1.165) is 4.88 Å². The summed E-state index contributed by atoms with van der Waals surface area (Å²) in [5, 5.41) is 3.10. The van der Waals surface area contributed by atoms with E-state index < -0.39 is 23.8 Å². The Morgan fingerprint density at radius 1 is 1.27 bits per heavy atom. The number of thiophene rings is 1. The maximum Gasteiger partial charge on any atom is 0.341 e. The normalized spacial score (nSPS) is 15.3. The number of methoxy groups -OCH3 is 2. The van der Waals surface area contributed by atoms with Gasteiger partial charge in [0.2, 0.25) is 0 Å². The van der Waals surface area contributed by atoms with Gasteiger partial charge in [-0.3, -0.25) is 14.6 Å². The third-order valence-corrected chi connectivity index (χ3v) is 5.71. The number of hydrogen-bond acceptors (Lipinski definition) is 7. The van der Waals surface area contributed by atoms with Crippen molar-refractivity contribution in [3.05, 3.63) is 44.5 Å². The van der Waals surface area contributed by atoms with Crippen LogP contribution in [0.15, 0.2) is 22.9 Å². The number of carbonyl (C=O) groups excluding carboxylic acids is 3. The van der Waals surface area contributed by atoms with Crippen molar-refractivity contribution in [3.63, 3.8) is 0 Å². The zero-order chi connectivity index (χ0) is 18.8. The van der Waals surface area contributed by atoms with Gasteiger partial charge in [-0.25, -0.2) is 4.79 Å². The van der Waals surface area contributed by atoms with Crippen molar-refractivity contribution in [1.29, 1.82) is 0 Å². The highest BCUT2D eigenvalue weighted by molar-refractivity contribution is 9.10. The number of halogens is 1. The minimum atomic E-state index is -0.596. The second kappa shape index (κ2) is 7.55. The van der Waals surface area contributed by atoms with Crippen molar-refractivity contribution in [2.24, 2.45) is 0 Å². The molecule has 1 atom stereocenters. The van der Waals surface area contributed by atoms with Gasteiger partial charge in [0.25, 0.3) is 5.91 Å². The summed E-state index contributed by atoms with van der Waals surface area (Å²) < 4.78 is 10.4. The Hall–Kier alpha value is -2.26. The number of aromatic nitrogens is 1. The first-order valence-electron chi connectivity index (χ1n) is 7.69. The number of amides is 1. The number of hydrogen-bond donors (Lipinski definition) is 1. The van der Waals surface area contributed by atoms with E-state index >= 15 is 0 Å². The van der Waals surface area contributed by atoms with Crippen molar-refractivity contribution in [2.75, 3.05) is 19.5 Å². The van der Waals surface area contributed by atoms with Gasteiger partial charge in [-0.2, -0.15) is 0 Å². The first-order chi connectivity index (χ1) is 12.5. The van der Waals surface area contributed by atoms with Crippen molar-refractivity contribution in [3.8, 4) is 0 Å². The van der Waals surface area contributed by atoms with Crippen molar-refractivity contribution < 1.29 is 23.9 Å². The van der Waals surface area contributed by atoms with Crippen LogP contribution in [0.4, 0.5) is 5.00 Å². The second-order valence-electron chi connectivity index (χ2n) is 5.59. The lowest BCUT2D eigenvalue weighted by atomic mass is 9.99. The summed E-state index contributed by atoms with van der Waals surface area (Å²) in [4.78, 5) is 41.8. The lowest BCUT2D eigenvalue weighted by Crippen LogP contribution is -2.17. The number of fused-ring (bicyclic) bond motifs is 1. The molecule has 0 aliphatic heterocycles. The molecule has 0 fully saturated rings. The Morgan fingerprint density at radius 3 is 2.69 bits per heavy atom. The summed E-state index contributed by atoms with van der Waals surface area (Å²) in [6.07, 6.45) is 4.20. The number of ether oxygens (including phenoxy) is 2. The molecule has 7 nitrogen and oxygen atoms in total. The molecule has 0 radical (unpaired) electrons. The quantitative estimate of drug-likeness (QED) is 0.736. The van der Waals surface area contributed by atoms with Gasteiger partial charge < -0.3 is 14.8 Å². The van der Waals surface area contributed by atoms with Crippen LogP contribution in [0.25, 0.3) is 0 Å². The Bertz CT molecular complexity index is 895. The summed E-state index contributed by atoms with van der Waals surface area (Å²) in [5.74, 6) is -1.93. The molecule has 0 spiro atoms. The first kappa shape index (κ1) is 18.5. The van der Waals surface area contributed by atoms with E-state index in [1.54, 1.807) is 12.3 Å². The zero-order valence-electron chi connectivity index (χ0n) is 14.0. The minimum Gasteiger partial charge on any atom is -0.469 e. The number of esters is 2. The van der Waals surface area contributed by atoms with Crippen LogP contribution in [0.3, 0.4) is 0 Å². The summed E-state index contributed by atoms with van der Waals surface area (Å²) >= 11 is 4.55. The summed E-state index contributed by atoms with van der Waals surface area (Å²) in [6, 6.07) is 1.62. The van der Waals surface area contributed by atoms with Crippen molar-refractivity contribution in [2.45, 2.75) is 18.8 Å². The van der Waals surface area contributed by atoms with Crippen molar-refractivity contribution in [1.82, 2.24) is 4.98 Å². The number of aryl methyl sites for hydroxylation is 1. The van der Waals surface area contributed by atoms with Gasteiger partial charge >= 0.3 is 11.9 Å². The van der Waals surface area contributed by atoms with Gasteiger partial charge in [0.15, 0.2) is 0 Å². The third kappa shape index (κ3) is 3.36. The minimum absolute atomic E-state index is 0.219. The standard InChI is InChI=1S/C17H15BrN2O5S/c1-24-16(22)10-3-4-11-12(10)13(17(23)25-2)15(26-11)20-14(21)8-5-9(18)7-19-6-8/h5-7,10H,3-4H2,1-2H3,(H,20,21)/t10-/m0/s1. The highest BCUT2D eigenvalue weighted by atomic mass is 79.9. The van der Waals surface area contributed by atoms with E-state index in [-0.39, 0.29) is 5.56 Å². The molecule has 1 N–H and O–H groups in total. The predicted molar refractivity (Wildman–Crippen MR) is 98.6 cm³/mol. The maximum absolute atomic E-state index is 12.5. The predicted octanol–water partition coefficient (Wildman–Crippen LogP) is 3.15. The van der Waals surface area contributed by atoms with Crippen LogP contribution in [-0.4, -0.2) is 37.0 Å². The topological polar surface area (TPSA) is 94.6 Å². The number of nitrogens with zero attached hydrogens (tertiary/aromatic N) is 1. The largest absolute Gasteiger partial charge is 0.469 e. The molecule has 3 rings (SSSR count). The Labute approximate surface area is 161 Å². The molecule has 0 unspecified atom stereocenters. The lowest BCUT2D eigenvalue weighted by molar-refractivity contribution is -0.142. The molecule has 136 valence electrons. The molecule has 0 saturated carbocycles. The maximum atomic E-state index is 12.5. The molecule has 0 aromatic carbocycles. The van der Waals surface area contributed by atoms with Gasteiger partial charge in [-0.15, -0.1) is 11.3 Å². The number of rotatable bonds is 4. The number of pyridine rings is 1. The molecule has 2 aromatic rings. The molecular formula is C17H15BrN2O5S. The van der Waals surface area contributed by atoms with Crippen LogP contribution in [0.5, 0.6) is 0 Å². The molecule has 9 heteroatoms. The average Bonchev–Trinajstić information content (AvgIpc) is 3.19. The number of anilines is 1. The molecule has 0 bridgehead atoms. The molecule has 2 heterocycles. The van der Waals surface area contributed by atoms with E-state index in [4.69, 9.17) is 9.47 Å². The number of carbonyl (C=O) groups is 3. The molecule has 0 saturated heterocycles. The van der Waals surface area contributed by atoms with Gasteiger partial charge in [0.1, 0.15) is 5.00 Å². The first-order valence-corrected chi connectivity index (χ1v) is 9.30. The zero-order valence-corrected chi connectivity index (χ0v) is 16.4. The summed E-state index contributed by atoms with van der Waals surface area (Å²) in [7, 11) is 2.58. The van der Waals surface area contributed by atoms with Gasteiger partial charge in [0.05, 0.1) is 31.3 Å². The Balaban J connectivity index is 1.99. The number of nitrogens with one attached hydrogen (secondary N) is 1. The summed E-state index contributed by atoms with van der Waals surface area (Å²) in [6.45, 7) is 0. The summed E-state index contributed by atoms with van der Waals surface area (Å²) in [5.41, 5.74) is 1.15. The Kier molecular flexibility index (Phi) is 5.38. The molecular weight excluding hydrogens is 424 g/mol. The molecule has 2 aromatic heterocycles. The SMILES string of the molecule is COC(=O)c1c(NC(=O)c2cncc(Br)c2)sc2c1[C@@H](C(=O)OC)CC2. The van der Waals surface area contributed by atoms with E-state index in [0.29, 0.717) is 33.4 Å². The van der Waals surface area contributed by atoms with Crippen LogP contribution in [-0.2, 0) is 20.7 Å². The highest BCUT2D eigenvalue weighted by Gasteiger charge is 2.38. The molecule has 1 aliphatic rings. The van der Waals surface area contributed by atoms with E-state index in [1.165, 1.54) is 31.8 Å². The fourth-order valence-electron chi connectivity index (χ4n) is 2.95. The smallest absolute Gasteiger partial charge is 0.341 e. The van der Waals surface area contributed by atoms with E-state index in [2.05, 4.69) is 26.2 Å². The molecule has 1 amide bonds. The van der Waals surface area contributed by atoms with E-state index in [9.17, 15) is 14.4 Å². The van der Waals surface area contributed by atoms with E-state index in [1.807, 2.05) is 0 Å². The van der Waals surface area contributed by atoms with Gasteiger partial charge in [0, 0.05) is 21.7 Å². The Morgan fingerprint density at radius 2 is 2.04 bits per heavy atom. The van der Waals surface area contributed by atoms with Crippen LogP contribution in [0.1, 0.15) is 43.5 Å². The third-order valence-electron chi connectivity index (χ3n) is 4.10. The molecule has 26 heavy (non-hydrogen) atoms. The van der Waals surface area contributed by atoms with Gasteiger partial charge in [-0.05, 0) is 40.4 Å².